The van der Waals surface area contributed by atoms with E-state index in [1.807, 2.05) is 18.2 Å². The molecule has 0 fully saturated rings. The fourth-order valence-electron chi connectivity index (χ4n) is 4.03. The number of ketones is 1. The Labute approximate surface area is 188 Å². The number of nitrogens with one attached hydrogen (secondary N) is 1. The van der Waals surface area contributed by atoms with Gasteiger partial charge in [0.05, 0.1) is 28.4 Å². The van der Waals surface area contributed by atoms with Gasteiger partial charge < -0.3 is 14.8 Å². The van der Waals surface area contributed by atoms with Crippen LogP contribution in [0.4, 0.5) is 0 Å². The molecular formula is C23H16Cl2N2O4. The van der Waals surface area contributed by atoms with Crippen LogP contribution in [0.25, 0.3) is 5.70 Å². The number of halogens is 2. The first-order chi connectivity index (χ1) is 14.9. The first-order valence-corrected chi connectivity index (χ1v) is 10.1. The summed E-state index contributed by atoms with van der Waals surface area (Å²) in [5.74, 6) is -1.34. The number of nitriles is 1. The first-order valence-electron chi connectivity index (χ1n) is 9.32. The summed E-state index contributed by atoms with van der Waals surface area (Å²) in [6, 6.07) is 12.3. The van der Waals surface area contributed by atoms with Crippen molar-refractivity contribution in [3.05, 3.63) is 80.0 Å². The molecule has 8 heteroatoms. The van der Waals surface area contributed by atoms with E-state index in [0.29, 0.717) is 33.7 Å². The molecule has 2 aromatic rings. The monoisotopic (exact) mass is 454 g/mol. The van der Waals surface area contributed by atoms with E-state index in [-0.39, 0.29) is 28.2 Å². The van der Waals surface area contributed by atoms with Crippen molar-refractivity contribution >= 4 is 40.7 Å². The van der Waals surface area contributed by atoms with E-state index in [1.165, 1.54) is 7.11 Å². The summed E-state index contributed by atoms with van der Waals surface area (Å²) in [6.07, 6.45) is 0. The van der Waals surface area contributed by atoms with Crippen LogP contribution in [-0.2, 0) is 9.53 Å². The van der Waals surface area contributed by atoms with Gasteiger partial charge in [0, 0.05) is 28.3 Å². The highest BCUT2D eigenvalue weighted by molar-refractivity contribution is 6.37. The van der Waals surface area contributed by atoms with Crippen molar-refractivity contribution in [2.75, 3.05) is 13.7 Å². The summed E-state index contributed by atoms with van der Waals surface area (Å²) < 4.78 is 10.3. The molecule has 1 atom stereocenters. The molecule has 156 valence electrons. The maximum atomic E-state index is 13.4. The van der Waals surface area contributed by atoms with Gasteiger partial charge in [-0.3, -0.25) is 4.79 Å². The van der Waals surface area contributed by atoms with E-state index in [0.717, 1.165) is 5.56 Å². The van der Waals surface area contributed by atoms with E-state index < -0.39 is 11.9 Å². The Kier molecular flexibility index (Phi) is 5.48. The van der Waals surface area contributed by atoms with Gasteiger partial charge in [-0.15, -0.1) is 0 Å². The molecule has 0 unspecified atom stereocenters. The van der Waals surface area contributed by atoms with Crippen molar-refractivity contribution in [1.29, 1.82) is 5.26 Å². The molecule has 4 rings (SSSR count). The van der Waals surface area contributed by atoms with Crippen LogP contribution in [0.15, 0.2) is 53.2 Å². The number of fused-ring (bicyclic) bond motifs is 2. The molecule has 0 amide bonds. The Hall–Kier alpha value is -3.27. The maximum absolute atomic E-state index is 13.4. The molecular weight excluding hydrogens is 439 g/mol. The highest BCUT2D eigenvalue weighted by atomic mass is 35.5. The summed E-state index contributed by atoms with van der Waals surface area (Å²) in [4.78, 5) is 26.1. The lowest BCUT2D eigenvalue weighted by molar-refractivity contribution is -0.136. The topological polar surface area (TPSA) is 88.4 Å². The number of ether oxygens (including phenoxy) is 2. The van der Waals surface area contributed by atoms with Crippen molar-refractivity contribution in [3.63, 3.8) is 0 Å². The van der Waals surface area contributed by atoms with E-state index >= 15 is 0 Å². The molecule has 2 aliphatic rings. The molecule has 1 heterocycles. The number of methoxy groups -OCH3 is 1. The van der Waals surface area contributed by atoms with Crippen molar-refractivity contribution in [3.8, 4) is 11.8 Å². The molecule has 0 saturated heterocycles. The number of hydrogen-bond acceptors (Lipinski definition) is 6. The maximum Gasteiger partial charge on any atom is 0.336 e. The van der Waals surface area contributed by atoms with Crippen LogP contribution in [0, 0.1) is 11.3 Å². The number of hydrogen-bond donors (Lipinski definition) is 1. The lowest BCUT2D eigenvalue weighted by Gasteiger charge is -2.29. The first kappa shape index (κ1) is 21.0. The largest absolute Gasteiger partial charge is 0.476 e. The van der Waals surface area contributed by atoms with Crippen LogP contribution in [-0.4, -0.2) is 25.5 Å². The molecule has 2 aromatic carbocycles. The third-order valence-corrected chi connectivity index (χ3v) is 5.85. The van der Waals surface area contributed by atoms with Crippen molar-refractivity contribution < 1.29 is 19.1 Å². The summed E-state index contributed by atoms with van der Waals surface area (Å²) in [5.41, 5.74) is 3.78. The average Bonchev–Trinajstić information content (AvgIpc) is 3.03. The third-order valence-electron chi connectivity index (χ3n) is 5.29. The van der Waals surface area contributed by atoms with Crippen LogP contribution in [0.2, 0.25) is 10.0 Å². The number of Topliss-reactive ketones (excluding diaryl/α,β-unsaturated/α-hetero) is 1. The zero-order valence-corrected chi connectivity index (χ0v) is 18.1. The predicted octanol–water partition coefficient (Wildman–Crippen LogP) is 4.64. The number of carbonyl (C=O) groups excluding carboxylic acids is 2. The molecule has 1 aliphatic heterocycles. The van der Waals surface area contributed by atoms with Gasteiger partial charge in [0.15, 0.2) is 18.1 Å². The Morgan fingerprint density at radius 1 is 1.19 bits per heavy atom. The number of benzene rings is 2. The van der Waals surface area contributed by atoms with E-state index in [4.69, 9.17) is 37.9 Å². The number of allylic oxidation sites excluding steroid dienone is 2. The molecule has 0 spiro atoms. The molecule has 0 bridgehead atoms. The highest BCUT2D eigenvalue weighted by Crippen LogP contribution is 2.48. The number of dihydropyridines is 1. The zero-order valence-electron chi connectivity index (χ0n) is 16.6. The molecule has 1 N–H and O–H groups in total. The Morgan fingerprint density at radius 3 is 2.45 bits per heavy atom. The molecule has 6 nitrogen and oxygen atoms in total. The number of nitrogens with zero attached hydrogens (tertiary/aromatic N) is 1. The molecule has 0 aromatic heterocycles. The SMILES string of the molecule is COC(=O)C1=C(C)NC2=C(C(=O)c3ccccc32)[C@@H]1c1cc(Cl)c(OCC#N)c(Cl)c1. The van der Waals surface area contributed by atoms with Gasteiger partial charge in [-0.1, -0.05) is 47.5 Å². The average molecular weight is 455 g/mol. The quantitative estimate of drug-likeness (QED) is 0.676. The highest BCUT2D eigenvalue weighted by Gasteiger charge is 2.43. The van der Waals surface area contributed by atoms with Gasteiger partial charge in [-0.25, -0.2) is 4.79 Å². The smallest absolute Gasteiger partial charge is 0.336 e. The summed E-state index contributed by atoms with van der Waals surface area (Å²) >= 11 is 12.8. The molecule has 0 saturated carbocycles. The van der Waals surface area contributed by atoms with Gasteiger partial charge in [0.25, 0.3) is 0 Å². The molecule has 1 aliphatic carbocycles. The lowest BCUT2D eigenvalue weighted by Crippen LogP contribution is -2.29. The number of esters is 1. The number of rotatable bonds is 4. The standard InChI is InChI=1S/C23H16Cl2N2O4/c1-11-17(23(29)30-2)18(12-9-15(24)22(16(25)10-12)31-8-7-26)19-20(27-11)13-5-3-4-6-14(13)21(19)28/h3-6,9-10,18,27H,8H2,1-2H3/t18-/m1/s1. The normalized spacial score (nSPS) is 17.0. The van der Waals surface area contributed by atoms with Crippen LogP contribution >= 0.6 is 23.2 Å². The Bertz CT molecular complexity index is 1220. The second-order valence-corrected chi connectivity index (χ2v) is 7.83. The van der Waals surface area contributed by atoms with Crippen molar-refractivity contribution in [2.24, 2.45) is 0 Å². The fourth-order valence-corrected chi connectivity index (χ4v) is 4.64. The second-order valence-electron chi connectivity index (χ2n) is 7.01. The van der Waals surface area contributed by atoms with E-state index in [2.05, 4.69) is 5.32 Å². The minimum absolute atomic E-state index is 0.165. The summed E-state index contributed by atoms with van der Waals surface area (Å²) in [5, 5.41) is 12.3. The van der Waals surface area contributed by atoms with Gasteiger partial charge in [0.2, 0.25) is 0 Å². The van der Waals surface area contributed by atoms with Crippen molar-refractivity contribution in [2.45, 2.75) is 12.8 Å². The van der Waals surface area contributed by atoms with Crippen molar-refractivity contribution in [1.82, 2.24) is 5.32 Å². The minimum atomic E-state index is -0.747. The molecule has 31 heavy (non-hydrogen) atoms. The Morgan fingerprint density at radius 2 is 1.84 bits per heavy atom. The van der Waals surface area contributed by atoms with Gasteiger partial charge in [-0.05, 0) is 24.6 Å². The number of carbonyl (C=O) groups is 2. The third kappa shape index (κ3) is 3.36. The van der Waals surface area contributed by atoms with E-state index in [9.17, 15) is 9.59 Å². The second kappa shape index (κ2) is 8.10. The summed E-state index contributed by atoms with van der Waals surface area (Å²) in [6.45, 7) is 1.53. The van der Waals surface area contributed by atoms with E-state index in [1.54, 1.807) is 31.2 Å². The van der Waals surface area contributed by atoms with Crippen LogP contribution < -0.4 is 10.1 Å². The summed E-state index contributed by atoms with van der Waals surface area (Å²) in [7, 11) is 1.29. The van der Waals surface area contributed by atoms with Gasteiger partial charge in [0.1, 0.15) is 6.07 Å². The molecule has 0 radical (unpaired) electrons. The zero-order chi connectivity index (χ0) is 22.3. The van der Waals surface area contributed by atoms with Crippen LogP contribution in [0.1, 0.15) is 34.3 Å². The minimum Gasteiger partial charge on any atom is -0.476 e. The van der Waals surface area contributed by atoms with Crippen LogP contribution in [0.5, 0.6) is 5.75 Å². The Balaban J connectivity index is 1.92. The van der Waals surface area contributed by atoms with Gasteiger partial charge in [-0.2, -0.15) is 5.26 Å². The fraction of sp³-hybridized carbons (Fsp3) is 0.174. The lowest BCUT2D eigenvalue weighted by atomic mass is 9.80. The van der Waals surface area contributed by atoms with Gasteiger partial charge >= 0.3 is 5.97 Å². The van der Waals surface area contributed by atoms with Crippen LogP contribution in [0.3, 0.4) is 0 Å². The predicted molar refractivity (Wildman–Crippen MR) is 116 cm³/mol.